The lowest BCUT2D eigenvalue weighted by Crippen LogP contribution is -2.40. The molecule has 6 N–H and O–H groups in total. The molecule has 0 atom stereocenters. The third-order valence-electron chi connectivity index (χ3n) is 0.860. The molecule has 0 aromatic rings. The molecule has 0 fully saturated rings. The first-order chi connectivity index (χ1) is 4.81. The Bertz CT molecular complexity index is 85.6. The van der Waals surface area contributed by atoms with E-state index in [9.17, 15) is 4.79 Å². The smallest absolute Gasteiger partial charge is 0.314 e. The molecule has 2 amide bonds. The van der Waals surface area contributed by atoms with Crippen LogP contribution in [0.25, 0.3) is 0 Å². The molecule has 0 radical (unpaired) electrons. The summed E-state index contributed by atoms with van der Waals surface area (Å²) >= 11 is 0. The van der Waals surface area contributed by atoms with Crippen molar-refractivity contribution >= 4 is 6.03 Å². The van der Waals surface area contributed by atoms with Crippen LogP contribution in [0, 0.1) is 0 Å². The van der Waals surface area contributed by atoms with Crippen LogP contribution in [0.15, 0.2) is 0 Å². The largest absolute Gasteiger partial charge is 0.337 e. The molecule has 0 saturated heterocycles. The van der Waals surface area contributed by atoms with Gasteiger partial charge in [-0.05, 0) is 0 Å². The highest BCUT2D eigenvalue weighted by atomic mass is 16.2. The van der Waals surface area contributed by atoms with Gasteiger partial charge in [-0.3, -0.25) is 0 Å². The van der Waals surface area contributed by atoms with Crippen molar-refractivity contribution in [1.29, 1.82) is 0 Å². The number of nitrogens with one attached hydrogen (secondary N) is 2. The van der Waals surface area contributed by atoms with E-state index in [4.69, 9.17) is 11.5 Å². The first-order valence-corrected chi connectivity index (χ1v) is 3.23. The van der Waals surface area contributed by atoms with E-state index >= 15 is 0 Å². The van der Waals surface area contributed by atoms with Crippen molar-refractivity contribution in [2.24, 2.45) is 11.5 Å². The van der Waals surface area contributed by atoms with Crippen molar-refractivity contribution < 1.29 is 4.79 Å². The number of amides is 2. The van der Waals surface area contributed by atoms with Crippen molar-refractivity contribution in [3.63, 3.8) is 0 Å². The van der Waals surface area contributed by atoms with Crippen molar-refractivity contribution in [1.82, 2.24) is 10.6 Å². The van der Waals surface area contributed by atoms with Crippen LogP contribution in [-0.2, 0) is 0 Å². The van der Waals surface area contributed by atoms with Crippen molar-refractivity contribution in [2.75, 3.05) is 26.2 Å². The van der Waals surface area contributed by atoms with E-state index in [1.807, 2.05) is 0 Å². The maximum atomic E-state index is 10.6. The monoisotopic (exact) mass is 146 g/mol. The van der Waals surface area contributed by atoms with Gasteiger partial charge < -0.3 is 22.1 Å². The summed E-state index contributed by atoms with van der Waals surface area (Å²) in [6, 6.07) is -0.212. The Balaban J connectivity index is 3.09. The standard InChI is InChI=1S/C5H14N4O/c6-1-3-8-5(10)9-4-2-7/h1-4,6-7H2,(H2,8,9,10). The van der Waals surface area contributed by atoms with E-state index in [0.717, 1.165) is 0 Å². The molecule has 0 aromatic heterocycles. The number of carbonyl (C=O) groups excluding carboxylic acids is 1. The predicted molar refractivity (Wildman–Crippen MR) is 39.5 cm³/mol. The summed E-state index contributed by atoms with van der Waals surface area (Å²) in [5.41, 5.74) is 10.3. The second-order valence-electron chi connectivity index (χ2n) is 1.76. The first-order valence-electron chi connectivity index (χ1n) is 3.23. The van der Waals surface area contributed by atoms with Crippen LogP contribution in [0.5, 0.6) is 0 Å². The third kappa shape index (κ3) is 5.33. The Kier molecular flexibility index (Phi) is 5.80. The molecule has 0 unspecified atom stereocenters. The highest BCUT2D eigenvalue weighted by molar-refractivity contribution is 5.73. The van der Waals surface area contributed by atoms with E-state index in [-0.39, 0.29) is 6.03 Å². The summed E-state index contributed by atoms with van der Waals surface area (Å²) in [5, 5.41) is 5.07. The first kappa shape index (κ1) is 9.19. The number of hydrogen-bond acceptors (Lipinski definition) is 3. The number of hydrogen-bond donors (Lipinski definition) is 4. The minimum Gasteiger partial charge on any atom is -0.337 e. The minimum absolute atomic E-state index is 0.212. The molecule has 5 heteroatoms. The topological polar surface area (TPSA) is 93.2 Å². The molecule has 0 spiro atoms. The van der Waals surface area contributed by atoms with E-state index < -0.39 is 0 Å². The van der Waals surface area contributed by atoms with Gasteiger partial charge in [-0.2, -0.15) is 0 Å². The Morgan fingerprint density at radius 3 is 1.80 bits per heavy atom. The zero-order valence-corrected chi connectivity index (χ0v) is 5.89. The fourth-order valence-electron chi connectivity index (χ4n) is 0.434. The second kappa shape index (κ2) is 6.31. The van der Waals surface area contributed by atoms with Crippen molar-refractivity contribution in [2.45, 2.75) is 0 Å². The molecule has 5 nitrogen and oxygen atoms in total. The lowest BCUT2D eigenvalue weighted by Gasteiger charge is -2.03. The normalized spacial score (nSPS) is 9.00. The number of rotatable bonds is 4. The Morgan fingerprint density at radius 2 is 1.50 bits per heavy atom. The molecule has 0 aromatic carbocycles. The summed E-state index contributed by atoms with van der Waals surface area (Å²) < 4.78 is 0. The quantitative estimate of drug-likeness (QED) is 0.377. The van der Waals surface area contributed by atoms with Crippen LogP contribution >= 0.6 is 0 Å². The molecule has 0 aliphatic rings. The summed E-state index contributed by atoms with van der Waals surface area (Å²) in [5.74, 6) is 0. The zero-order chi connectivity index (χ0) is 7.82. The van der Waals surface area contributed by atoms with Crippen LogP contribution < -0.4 is 22.1 Å². The van der Waals surface area contributed by atoms with E-state index in [1.165, 1.54) is 0 Å². The molecular formula is C5H14N4O. The van der Waals surface area contributed by atoms with Crippen molar-refractivity contribution in [3.8, 4) is 0 Å². The summed E-state index contributed by atoms with van der Waals surface area (Å²) in [4.78, 5) is 10.6. The van der Waals surface area contributed by atoms with Gasteiger partial charge in [0.15, 0.2) is 0 Å². The summed E-state index contributed by atoms with van der Waals surface area (Å²) in [7, 11) is 0. The Labute approximate surface area is 60.1 Å². The number of urea groups is 1. The second-order valence-corrected chi connectivity index (χ2v) is 1.76. The Morgan fingerprint density at radius 1 is 1.10 bits per heavy atom. The maximum Gasteiger partial charge on any atom is 0.314 e. The van der Waals surface area contributed by atoms with E-state index in [1.54, 1.807) is 0 Å². The highest BCUT2D eigenvalue weighted by Gasteiger charge is 1.93. The van der Waals surface area contributed by atoms with Crippen molar-refractivity contribution in [3.05, 3.63) is 0 Å². The van der Waals surface area contributed by atoms with Crippen LogP contribution in [0.1, 0.15) is 0 Å². The SMILES string of the molecule is NCCNC(=O)NCCN. The molecule has 0 aliphatic carbocycles. The van der Waals surface area contributed by atoms with Gasteiger partial charge in [-0.25, -0.2) is 4.79 Å². The van der Waals surface area contributed by atoms with Gasteiger partial charge in [0.1, 0.15) is 0 Å². The molecule has 0 saturated carbocycles. The molecule has 0 aliphatic heterocycles. The van der Waals surface area contributed by atoms with Crippen LogP contribution in [0.4, 0.5) is 4.79 Å². The molecule has 0 rings (SSSR count). The van der Waals surface area contributed by atoms with Gasteiger partial charge in [0.25, 0.3) is 0 Å². The Hall–Kier alpha value is -0.810. The lowest BCUT2D eigenvalue weighted by atomic mass is 10.6. The van der Waals surface area contributed by atoms with Gasteiger partial charge in [0.05, 0.1) is 0 Å². The van der Waals surface area contributed by atoms with Gasteiger partial charge in [-0.1, -0.05) is 0 Å². The fourth-order valence-corrected chi connectivity index (χ4v) is 0.434. The van der Waals surface area contributed by atoms with Gasteiger partial charge >= 0.3 is 6.03 Å². The zero-order valence-electron chi connectivity index (χ0n) is 5.89. The number of nitrogens with two attached hydrogens (primary N) is 2. The average Bonchev–Trinajstić information content (AvgIpc) is 1.97. The summed E-state index contributed by atoms with van der Waals surface area (Å²) in [6.45, 7) is 1.90. The molecule has 60 valence electrons. The lowest BCUT2D eigenvalue weighted by molar-refractivity contribution is 0.241. The fraction of sp³-hybridized carbons (Fsp3) is 0.800. The van der Waals surface area contributed by atoms with Crippen LogP contribution in [0.3, 0.4) is 0 Å². The maximum absolute atomic E-state index is 10.6. The average molecular weight is 146 g/mol. The molecule has 0 heterocycles. The summed E-state index contributed by atoms with van der Waals surface area (Å²) in [6.07, 6.45) is 0. The van der Waals surface area contributed by atoms with Gasteiger partial charge in [0, 0.05) is 26.2 Å². The van der Waals surface area contributed by atoms with Gasteiger partial charge in [-0.15, -0.1) is 0 Å². The van der Waals surface area contributed by atoms with Crippen LogP contribution in [-0.4, -0.2) is 32.2 Å². The van der Waals surface area contributed by atoms with E-state index in [2.05, 4.69) is 10.6 Å². The van der Waals surface area contributed by atoms with Gasteiger partial charge in [0.2, 0.25) is 0 Å². The van der Waals surface area contributed by atoms with E-state index in [0.29, 0.717) is 26.2 Å². The predicted octanol–water partition coefficient (Wildman–Crippen LogP) is -1.80. The number of carbonyl (C=O) groups is 1. The molecule has 0 bridgehead atoms. The molecule has 10 heavy (non-hydrogen) atoms. The minimum atomic E-state index is -0.212. The van der Waals surface area contributed by atoms with Crippen LogP contribution in [0.2, 0.25) is 0 Å². The molecular weight excluding hydrogens is 132 g/mol. The highest BCUT2D eigenvalue weighted by Crippen LogP contribution is 1.60. The third-order valence-corrected chi connectivity index (χ3v) is 0.860.